The molecule has 0 fully saturated rings. The van der Waals surface area contributed by atoms with Gasteiger partial charge in [0.25, 0.3) is 5.69 Å². The van der Waals surface area contributed by atoms with E-state index in [4.69, 9.17) is 5.73 Å². The van der Waals surface area contributed by atoms with Crippen molar-refractivity contribution < 1.29 is 13.3 Å². The average molecular weight is 290 g/mol. The van der Waals surface area contributed by atoms with Crippen LogP contribution in [-0.4, -0.2) is 31.1 Å². The number of nitrogen functional groups attached to an aromatic ring is 1. The Morgan fingerprint density at radius 1 is 1.44 bits per heavy atom. The summed E-state index contributed by atoms with van der Waals surface area (Å²) in [5, 5.41) is 10.6. The molecule has 100 valence electrons. The molecule has 0 atom stereocenters. The Morgan fingerprint density at radius 3 is 2.67 bits per heavy atom. The van der Waals surface area contributed by atoms with E-state index in [0.717, 1.165) is 0 Å². The summed E-state index contributed by atoms with van der Waals surface area (Å²) in [4.78, 5) is 10.1. The van der Waals surface area contributed by atoms with Crippen LogP contribution >= 0.6 is 11.8 Å². The van der Waals surface area contributed by atoms with Crippen molar-refractivity contribution in [2.24, 2.45) is 0 Å². The van der Waals surface area contributed by atoms with Crippen LogP contribution in [0.3, 0.4) is 0 Å². The zero-order valence-corrected chi connectivity index (χ0v) is 11.5. The Hall–Kier alpha value is -1.28. The lowest BCUT2D eigenvalue weighted by molar-refractivity contribution is -0.384. The molecule has 0 bridgehead atoms. The fourth-order valence-corrected chi connectivity index (χ4v) is 3.52. The second kappa shape index (κ2) is 6.05. The van der Waals surface area contributed by atoms with Gasteiger partial charge in [-0.25, -0.2) is 8.42 Å². The number of rotatable bonds is 6. The van der Waals surface area contributed by atoms with Gasteiger partial charge in [-0.1, -0.05) is 0 Å². The first-order chi connectivity index (χ1) is 8.29. The molecule has 0 aliphatic carbocycles. The number of sulfone groups is 1. The number of nitro benzene ring substituents is 1. The highest BCUT2D eigenvalue weighted by atomic mass is 32.2. The Labute approximate surface area is 110 Å². The molecule has 1 rings (SSSR count). The molecule has 0 radical (unpaired) electrons. The third kappa shape index (κ3) is 4.92. The number of nitrogens with two attached hydrogens (primary N) is 1. The fourth-order valence-electron chi connectivity index (χ4n) is 1.22. The quantitative estimate of drug-likeness (QED) is 0.368. The van der Waals surface area contributed by atoms with Crippen molar-refractivity contribution in [1.82, 2.24) is 0 Å². The minimum Gasteiger partial charge on any atom is -0.398 e. The molecule has 0 amide bonds. The Kier molecular flexibility index (Phi) is 4.97. The number of nitro groups is 1. The summed E-state index contributed by atoms with van der Waals surface area (Å²) in [5.41, 5.74) is 6.83. The molecule has 6 nitrogen and oxygen atoms in total. The normalized spacial score (nSPS) is 11.4. The molecule has 0 aromatic heterocycles. The van der Waals surface area contributed by atoms with Gasteiger partial charge in [0.05, 0.1) is 10.7 Å². The van der Waals surface area contributed by atoms with E-state index in [1.807, 2.05) is 0 Å². The first kappa shape index (κ1) is 14.8. The summed E-state index contributed by atoms with van der Waals surface area (Å²) >= 11 is 1.39. The van der Waals surface area contributed by atoms with Crippen LogP contribution in [0.15, 0.2) is 18.2 Å². The van der Waals surface area contributed by atoms with E-state index in [1.54, 1.807) is 0 Å². The third-order valence-corrected chi connectivity index (χ3v) is 4.41. The second-order valence-electron chi connectivity index (χ2n) is 3.82. The molecule has 8 heteroatoms. The van der Waals surface area contributed by atoms with Crippen LogP contribution < -0.4 is 5.73 Å². The number of anilines is 1. The van der Waals surface area contributed by atoms with Crippen molar-refractivity contribution in [2.45, 2.75) is 5.75 Å². The molecule has 0 spiro atoms. The van der Waals surface area contributed by atoms with E-state index in [9.17, 15) is 18.5 Å². The Balaban J connectivity index is 2.61. The minimum atomic E-state index is -2.97. The first-order valence-electron chi connectivity index (χ1n) is 5.08. The molecule has 0 aliphatic heterocycles. The minimum absolute atomic E-state index is 0.0112. The maximum atomic E-state index is 10.9. The number of thioether (sulfide) groups is 1. The largest absolute Gasteiger partial charge is 0.398 e. The van der Waals surface area contributed by atoms with Crippen LogP contribution in [0.1, 0.15) is 5.56 Å². The summed E-state index contributed by atoms with van der Waals surface area (Å²) in [6.45, 7) is 0. The lowest BCUT2D eigenvalue weighted by atomic mass is 10.2. The molecule has 18 heavy (non-hydrogen) atoms. The van der Waals surface area contributed by atoms with Crippen molar-refractivity contribution >= 4 is 33.0 Å². The van der Waals surface area contributed by atoms with E-state index >= 15 is 0 Å². The molecule has 0 heterocycles. The van der Waals surface area contributed by atoms with Gasteiger partial charge in [-0.05, 0) is 11.6 Å². The van der Waals surface area contributed by atoms with Gasteiger partial charge in [0.1, 0.15) is 9.84 Å². The number of nitrogens with zero attached hydrogens (tertiary/aromatic N) is 1. The second-order valence-corrected chi connectivity index (χ2v) is 7.19. The highest BCUT2D eigenvalue weighted by Crippen LogP contribution is 2.23. The van der Waals surface area contributed by atoms with Crippen molar-refractivity contribution in [3.63, 3.8) is 0 Å². The van der Waals surface area contributed by atoms with Crippen molar-refractivity contribution in [2.75, 3.05) is 23.5 Å². The van der Waals surface area contributed by atoms with Crippen LogP contribution in [0.5, 0.6) is 0 Å². The van der Waals surface area contributed by atoms with Gasteiger partial charge < -0.3 is 5.73 Å². The van der Waals surface area contributed by atoms with Gasteiger partial charge in [-0.2, -0.15) is 11.8 Å². The standard InChI is InChI=1S/C10H14N2O4S2/c1-18(15,16)5-4-17-7-8-6-9(12(13)14)2-3-10(8)11/h2-3,6H,4-5,7,11H2,1H3. The predicted octanol–water partition coefficient (Wildman–Crippen LogP) is 1.45. The molecule has 1 aromatic carbocycles. The van der Waals surface area contributed by atoms with Crippen LogP contribution in [0.2, 0.25) is 0 Å². The van der Waals surface area contributed by atoms with E-state index < -0.39 is 14.8 Å². The molecule has 2 N–H and O–H groups in total. The molecule has 0 saturated heterocycles. The summed E-state index contributed by atoms with van der Waals surface area (Å²) in [7, 11) is -2.97. The smallest absolute Gasteiger partial charge is 0.269 e. The predicted molar refractivity (Wildman–Crippen MR) is 73.4 cm³/mol. The Morgan fingerprint density at radius 2 is 2.11 bits per heavy atom. The van der Waals surface area contributed by atoms with Crippen molar-refractivity contribution in [1.29, 1.82) is 0 Å². The van der Waals surface area contributed by atoms with Gasteiger partial charge in [0.15, 0.2) is 0 Å². The first-order valence-corrected chi connectivity index (χ1v) is 8.29. The highest BCUT2D eigenvalue weighted by molar-refractivity contribution is 7.99. The van der Waals surface area contributed by atoms with Crippen LogP contribution in [-0.2, 0) is 15.6 Å². The van der Waals surface area contributed by atoms with Gasteiger partial charge in [0.2, 0.25) is 0 Å². The molecule has 1 aromatic rings. The van der Waals surface area contributed by atoms with Crippen molar-refractivity contribution in [3.8, 4) is 0 Å². The summed E-state index contributed by atoms with van der Waals surface area (Å²) < 4.78 is 21.9. The van der Waals surface area contributed by atoms with Crippen LogP contribution in [0.4, 0.5) is 11.4 Å². The van der Waals surface area contributed by atoms with E-state index in [0.29, 0.717) is 22.8 Å². The monoisotopic (exact) mass is 290 g/mol. The van der Waals surface area contributed by atoms with Crippen LogP contribution in [0.25, 0.3) is 0 Å². The van der Waals surface area contributed by atoms with Crippen LogP contribution in [0, 0.1) is 10.1 Å². The lowest BCUT2D eigenvalue weighted by Crippen LogP contribution is -2.05. The molecular weight excluding hydrogens is 276 g/mol. The SMILES string of the molecule is CS(=O)(=O)CCSCc1cc([N+](=O)[O-])ccc1N. The molecular formula is C10H14N2O4S2. The third-order valence-electron chi connectivity index (χ3n) is 2.19. The summed E-state index contributed by atoms with van der Waals surface area (Å²) in [6.07, 6.45) is 1.18. The lowest BCUT2D eigenvalue weighted by Gasteiger charge is -2.05. The number of hydrogen-bond donors (Lipinski definition) is 1. The molecule has 0 unspecified atom stereocenters. The average Bonchev–Trinajstić information content (AvgIpc) is 2.24. The van der Waals surface area contributed by atoms with Gasteiger partial charge in [0, 0.05) is 35.6 Å². The van der Waals surface area contributed by atoms with E-state index in [-0.39, 0.29) is 11.4 Å². The van der Waals surface area contributed by atoms with E-state index in [2.05, 4.69) is 0 Å². The maximum absolute atomic E-state index is 10.9. The zero-order valence-electron chi connectivity index (χ0n) is 9.83. The van der Waals surface area contributed by atoms with Gasteiger partial charge in [-0.3, -0.25) is 10.1 Å². The summed E-state index contributed by atoms with van der Waals surface area (Å²) in [6, 6.07) is 4.26. The number of hydrogen-bond acceptors (Lipinski definition) is 6. The molecule has 0 aliphatic rings. The number of benzene rings is 1. The molecule has 0 saturated carbocycles. The van der Waals surface area contributed by atoms with E-state index in [1.165, 1.54) is 36.2 Å². The van der Waals surface area contributed by atoms with Gasteiger partial charge in [-0.15, -0.1) is 0 Å². The topological polar surface area (TPSA) is 103 Å². The Bertz CT molecular complexity index is 543. The highest BCUT2D eigenvalue weighted by Gasteiger charge is 2.09. The fraction of sp³-hybridized carbons (Fsp3) is 0.400. The van der Waals surface area contributed by atoms with Crippen molar-refractivity contribution in [3.05, 3.63) is 33.9 Å². The van der Waals surface area contributed by atoms with Gasteiger partial charge >= 0.3 is 0 Å². The summed E-state index contributed by atoms with van der Waals surface area (Å²) in [5.74, 6) is 0.997. The number of non-ortho nitro benzene ring substituents is 1. The maximum Gasteiger partial charge on any atom is 0.269 e. The zero-order chi connectivity index (χ0) is 13.8.